The number of aryl methyl sites for hydroxylation is 1. The first-order valence-corrected chi connectivity index (χ1v) is 8.69. The number of carbonyl (C=O) groups is 1. The van der Waals surface area contributed by atoms with Crippen LogP contribution in [0.4, 0.5) is 0 Å². The van der Waals surface area contributed by atoms with E-state index >= 15 is 0 Å². The van der Waals surface area contributed by atoms with Crippen molar-refractivity contribution < 1.29 is 4.79 Å². The van der Waals surface area contributed by atoms with Gasteiger partial charge in [0.1, 0.15) is 11.6 Å². The standard InChI is InChI=1S/C17H15BrClN3O/c1-12-20-21-15(11-18)22(12)17(19)10-6-5-9-14(17)16(23)13-7-3-2-4-8-13/h2-10,14H,11H2,1H3. The molecule has 0 N–H and O–H groups in total. The van der Waals surface area contributed by atoms with Gasteiger partial charge in [-0.25, -0.2) is 0 Å². The summed E-state index contributed by atoms with van der Waals surface area (Å²) in [4.78, 5) is 11.9. The van der Waals surface area contributed by atoms with Gasteiger partial charge in [-0.1, -0.05) is 76.1 Å². The predicted octanol–water partition coefficient (Wildman–Crippen LogP) is 4.00. The third-order valence-electron chi connectivity index (χ3n) is 3.88. The molecule has 118 valence electrons. The third-order valence-corrected chi connectivity index (χ3v) is 4.91. The highest BCUT2D eigenvalue weighted by Gasteiger charge is 2.43. The summed E-state index contributed by atoms with van der Waals surface area (Å²) in [7, 11) is 0. The Bertz CT molecular complexity index is 784. The molecule has 4 nitrogen and oxygen atoms in total. The number of hydrogen-bond donors (Lipinski definition) is 0. The van der Waals surface area contributed by atoms with Crippen molar-refractivity contribution in [1.29, 1.82) is 0 Å². The Hall–Kier alpha value is -1.72. The van der Waals surface area contributed by atoms with Gasteiger partial charge < -0.3 is 0 Å². The van der Waals surface area contributed by atoms with Crippen molar-refractivity contribution in [2.75, 3.05) is 0 Å². The Morgan fingerprint density at radius 1 is 1.30 bits per heavy atom. The zero-order chi connectivity index (χ0) is 16.4. The molecule has 1 aromatic carbocycles. The molecule has 0 saturated heterocycles. The Labute approximate surface area is 148 Å². The molecule has 0 amide bonds. The number of Topliss-reactive ketones (excluding diaryl/α,β-unsaturated/α-hetero) is 1. The molecule has 1 aliphatic rings. The van der Waals surface area contributed by atoms with Crippen molar-refractivity contribution in [1.82, 2.24) is 14.8 Å². The highest BCUT2D eigenvalue weighted by molar-refractivity contribution is 9.08. The van der Waals surface area contributed by atoms with Crippen LogP contribution >= 0.6 is 27.5 Å². The van der Waals surface area contributed by atoms with Crippen LogP contribution in [0.1, 0.15) is 22.0 Å². The molecule has 3 rings (SSSR count). The number of allylic oxidation sites excluding steroid dienone is 4. The maximum atomic E-state index is 13.0. The van der Waals surface area contributed by atoms with Crippen LogP contribution in [-0.2, 0) is 10.3 Å². The fraction of sp³-hybridized carbons (Fsp3) is 0.235. The summed E-state index contributed by atoms with van der Waals surface area (Å²) >= 11 is 10.4. The molecule has 0 bridgehead atoms. The Morgan fingerprint density at radius 2 is 2.04 bits per heavy atom. The number of benzene rings is 1. The van der Waals surface area contributed by atoms with Crippen molar-refractivity contribution in [2.24, 2.45) is 5.92 Å². The van der Waals surface area contributed by atoms with E-state index in [9.17, 15) is 4.79 Å². The molecule has 2 unspecified atom stereocenters. The zero-order valence-corrected chi connectivity index (χ0v) is 14.8. The van der Waals surface area contributed by atoms with Crippen LogP contribution in [0.2, 0.25) is 0 Å². The molecule has 2 atom stereocenters. The van der Waals surface area contributed by atoms with Gasteiger partial charge in [0.25, 0.3) is 0 Å². The van der Waals surface area contributed by atoms with Crippen LogP contribution in [0.25, 0.3) is 0 Å². The first-order chi connectivity index (χ1) is 11.1. The minimum absolute atomic E-state index is 0.0326. The normalized spacial score (nSPS) is 23.2. The highest BCUT2D eigenvalue weighted by Crippen LogP contribution is 2.40. The third kappa shape index (κ3) is 2.79. The molecule has 1 heterocycles. The van der Waals surface area contributed by atoms with E-state index in [1.165, 1.54) is 0 Å². The molecule has 1 aromatic heterocycles. The van der Waals surface area contributed by atoms with Crippen molar-refractivity contribution in [3.05, 3.63) is 71.8 Å². The SMILES string of the molecule is Cc1nnc(CBr)n1C1(Cl)C=CC=CC1C(=O)c1ccccc1. The van der Waals surface area contributed by atoms with Gasteiger partial charge in [-0.3, -0.25) is 9.36 Å². The fourth-order valence-electron chi connectivity index (χ4n) is 2.81. The average molecular weight is 393 g/mol. The van der Waals surface area contributed by atoms with E-state index < -0.39 is 10.9 Å². The molecule has 6 heteroatoms. The molecule has 0 saturated carbocycles. The summed E-state index contributed by atoms with van der Waals surface area (Å²) < 4.78 is 1.81. The minimum Gasteiger partial charge on any atom is -0.293 e. The van der Waals surface area contributed by atoms with Gasteiger partial charge in [-0.15, -0.1) is 10.2 Å². The molecule has 0 radical (unpaired) electrons. The van der Waals surface area contributed by atoms with Gasteiger partial charge in [0.15, 0.2) is 10.8 Å². The molecule has 0 aliphatic heterocycles. The Kier molecular flexibility index (Phi) is 4.50. The summed E-state index contributed by atoms with van der Waals surface area (Å²) in [5, 5.41) is 8.74. The molecular weight excluding hydrogens is 378 g/mol. The van der Waals surface area contributed by atoms with E-state index in [-0.39, 0.29) is 5.78 Å². The molecule has 1 aliphatic carbocycles. The van der Waals surface area contributed by atoms with Crippen molar-refractivity contribution in [3.63, 3.8) is 0 Å². The van der Waals surface area contributed by atoms with Gasteiger partial charge in [-0.05, 0) is 13.0 Å². The topological polar surface area (TPSA) is 47.8 Å². The first kappa shape index (κ1) is 16.1. The van der Waals surface area contributed by atoms with Gasteiger partial charge in [0.05, 0.1) is 11.2 Å². The summed E-state index contributed by atoms with van der Waals surface area (Å²) in [5.41, 5.74) is 0.633. The van der Waals surface area contributed by atoms with Crippen molar-refractivity contribution in [3.8, 4) is 0 Å². The van der Waals surface area contributed by atoms with Crippen LogP contribution in [0.15, 0.2) is 54.6 Å². The van der Waals surface area contributed by atoms with Gasteiger partial charge in [-0.2, -0.15) is 0 Å². The maximum Gasteiger partial charge on any atom is 0.173 e. The van der Waals surface area contributed by atoms with Crippen LogP contribution in [0.5, 0.6) is 0 Å². The van der Waals surface area contributed by atoms with Crippen molar-refractivity contribution >= 4 is 33.3 Å². The van der Waals surface area contributed by atoms with Gasteiger partial charge in [0.2, 0.25) is 0 Å². The van der Waals surface area contributed by atoms with E-state index in [0.717, 1.165) is 0 Å². The first-order valence-electron chi connectivity index (χ1n) is 7.19. The second-order valence-electron chi connectivity index (χ2n) is 5.31. The van der Waals surface area contributed by atoms with Gasteiger partial charge in [0, 0.05) is 5.56 Å². The van der Waals surface area contributed by atoms with Crippen LogP contribution < -0.4 is 0 Å². The molecular formula is C17H15BrClN3O. The van der Waals surface area contributed by atoms with E-state index in [0.29, 0.717) is 22.5 Å². The number of rotatable bonds is 4. The second kappa shape index (κ2) is 6.42. The Balaban J connectivity index is 2.09. The molecule has 23 heavy (non-hydrogen) atoms. The fourth-order valence-corrected chi connectivity index (χ4v) is 3.64. The minimum atomic E-state index is -1.06. The van der Waals surface area contributed by atoms with Crippen LogP contribution in [-0.4, -0.2) is 20.5 Å². The summed E-state index contributed by atoms with van der Waals surface area (Å²) in [5.74, 6) is 0.780. The number of aromatic nitrogens is 3. The van der Waals surface area contributed by atoms with E-state index in [1.54, 1.807) is 12.1 Å². The lowest BCUT2D eigenvalue weighted by Gasteiger charge is -2.34. The predicted molar refractivity (Wildman–Crippen MR) is 93.8 cm³/mol. The van der Waals surface area contributed by atoms with Gasteiger partial charge >= 0.3 is 0 Å². The van der Waals surface area contributed by atoms with Crippen molar-refractivity contribution in [2.45, 2.75) is 17.3 Å². The molecule has 2 aromatic rings. The largest absolute Gasteiger partial charge is 0.293 e. The number of alkyl halides is 2. The number of carbonyl (C=O) groups excluding carboxylic acids is 1. The molecule has 0 fully saturated rings. The van der Waals surface area contributed by atoms with E-state index in [2.05, 4.69) is 26.1 Å². The lowest BCUT2D eigenvalue weighted by molar-refractivity contribution is 0.0908. The molecule has 0 spiro atoms. The number of halogens is 2. The Morgan fingerprint density at radius 3 is 2.74 bits per heavy atom. The van der Waals surface area contributed by atoms with Crippen LogP contribution in [0, 0.1) is 12.8 Å². The number of ketones is 1. The second-order valence-corrected chi connectivity index (χ2v) is 6.48. The average Bonchev–Trinajstić information content (AvgIpc) is 2.97. The number of hydrogen-bond acceptors (Lipinski definition) is 3. The summed E-state index contributed by atoms with van der Waals surface area (Å²) in [6.07, 6.45) is 7.35. The van der Waals surface area contributed by atoms with Crippen LogP contribution in [0.3, 0.4) is 0 Å². The summed E-state index contributed by atoms with van der Waals surface area (Å²) in [6.45, 7) is 1.83. The summed E-state index contributed by atoms with van der Waals surface area (Å²) in [6, 6.07) is 9.18. The smallest absolute Gasteiger partial charge is 0.173 e. The zero-order valence-electron chi connectivity index (χ0n) is 12.5. The lowest BCUT2D eigenvalue weighted by atomic mass is 9.86. The van der Waals surface area contributed by atoms with E-state index in [1.807, 2.05) is 54.0 Å². The monoisotopic (exact) mass is 391 g/mol. The van der Waals surface area contributed by atoms with E-state index in [4.69, 9.17) is 11.6 Å². The quantitative estimate of drug-likeness (QED) is 0.584. The maximum absolute atomic E-state index is 13.0. The number of nitrogens with zero attached hydrogens (tertiary/aromatic N) is 3. The lowest BCUT2D eigenvalue weighted by Crippen LogP contribution is -2.40. The highest BCUT2D eigenvalue weighted by atomic mass is 79.9.